The molecule has 7 heteroatoms. The van der Waals surface area contributed by atoms with Crippen LogP contribution in [0, 0.1) is 5.82 Å². The van der Waals surface area contributed by atoms with Crippen LogP contribution in [0.2, 0.25) is 0 Å². The number of halogens is 2. The molecule has 27 heavy (non-hydrogen) atoms. The van der Waals surface area contributed by atoms with Crippen LogP contribution < -0.4 is 14.8 Å². The Hall–Kier alpha value is -2.31. The monoisotopic (exact) mass is 394 g/mol. The highest BCUT2D eigenvalue weighted by Gasteiger charge is 2.29. The van der Waals surface area contributed by atoms with Gasteiger partial charge in [0.2, 0.25) is 0 Å². The van der Waals surface area contributed by atoms with Crippen LogP contribution in [-0.4, -0.2) is 44.2 Å². The van der Waals surface area contributed by atoms with Crippen LogP contribution in [0.5, 0.6) is 11.5 Å². The zero-order valence-corrected chi connectivity index (χ0v) is 16.2. The molecule has 0 saturated carbocycles. The maximum absolute atomic E-state index is 13.6. The van der Waals surface area contributed by atoms with Gasteiger partial charge in [-0.1, -0.05) is 12.1 Å². The topological polar surface area (TPSA) is 50.8 Å². The number of benzene rings is 2. The van der Waals surface area contributed by atoms with Gasteiger partial charge in [-0.2, -0.15) is 0 Å². The van der Waals surface area contributed by atoms with Crippen molar-refractivity contribution in [2.24, 2.45) is 0 Å². The average Bonchev–Trinajstić information content (AvgIpc) is 2.68. The first kappa shape index (κ1) is 21.0. The molecule has 1 unspecified atom stereocenters. The standard InChI is InChI=1S/C20H23FN2O3.ClH/c1-3-26-18-8-7-15(12-19(18)25-2)20(24)23-10-9-22-13-17(23)14-5-4-6-16(21)11-14;/h4-8,11-12,17,22H,3,9-10,13H2,1-2H3;1H. The number of piperazine rings is 1. The summed E-state index contributed by atoms with van der Waals surface area (Å²) in [6.45, 7) is 4.25. The molecule has 3 rings (SSSR count). The second-order valence-electron chi connectivity index (χ2n) is 6.07. The molecule has 146 valence electrons. The smallest absolute Gasteiger partial charge is 0.254 e. The number of nitrogens with one attached hydrogen (secondary N) is 1. The molecule has 1 amide bonds. The summed E-state index contributed by atoms with van der Waals surface area (Å²) in [6.07, 6.45) is 0. The molecule has 0 aromatic heterocycles. The highest BCUT2D eigenvalue weighted by molar-refractivity contribution is 5.95. The molecule has 0 bridgehead atoms. The number of ether oxygens (including phenoxy) is 2. The van der Waals surface area contributed by atoms with Crippen molar-refractivity contribution < 1.29 is 18.7 Å². The van der Waals surface area contributed by atoms with Crippen LogP contribution >= 0.6 is 12.4 Å². The Labute approximate surface area is 164 Å². The van der Waals surface area contributed by atoms with E-state index in [1.807, 2.05) is 13.0 Å². The number of methoxy groups -OCH3 is 1. The van der Waals surface area contributed by atoms with E-state index in [4.69, 9.17) is 9.47 Å². The van der Waals surface area contributed by atoms with Gasteiger partial charge < -0.3 is 19.7 Å². The normalized spacial score (nSPS) is 16.4. The minimum absolute atomic E-state index is 0. The molecule has 0 radical (unpaired) electrons. The molecule has 1 heterocycles. The fourth-order valence-electron chi connectivity index (χ4n) is 3.20. The van der Waals surface area contributed by atoms with Gasteiger partial charge >= 0.3 is 0 Å². The second-order valence-corrected chi connectivity index (χ2v) is 6.07. The molecule has 5 nitrogen and oxygen atoms in total. The largest absolute Gasteiger partial charge is 0.493 e. The van der Waals surface area contributed by atoms with E-state index in [0.29, 0.717) is 43.3 Å². The lowest BCUT2D eigenvalue weighted by atomic mass is 10.0. The maximum atomic E-state index is 13.6. The zero-order chi connectivity index (χ0) is 18.5. The SMILES string of the molecule is CCOc1ccc(C(=O)N2CCNCC2c2cccc(F)c2)cc1OC.Cl. The Kier molecular flexibility index (Phi) is 7.45. The molecule has 1 aliphatic rings. The van der Waals surface area contributed by atoms with E-state index in [1.54, 1.807) is 36.3 Å². The average molecular weight is 395 g/mol. The van der Waals surface area contributed by atoms with Crippen molar-refractivity contribution >= 4 is 18.3 Å². The summed E-state index contributed by atoms with van der Waals surface area (Å²) < 4.78 is 24.5. The van der Waals surface area contributed by atoms with E-state index in [0.717, 1.165) is 5.56 Å². The van der Waals surface area contributed by atoms with Gasteiger partial charge in [-0.05, 0) is 42.8 Å². The molecule has 1 N–H and O–H groups in total. The van der Waals surface area contributed by atoms with Crippen LogP contribution in [0.4, 0.5) is 4.39 Å². The predicted octanol–water partition coefficient (Wildman–Crippen LogP) is 3.44. The molecular formula is C20H24ClFN2O3. The molecule has 1 fully saturated rings. The number of carbonyl (C=O) groups excluding carboxylic acids is 1. The van der Waals surface area contributed by atoms with Crippen LogP contribution in [-0.2, 0) is 0 Å². The van der Waals surface area contributed by atoms with Gasteiger partial charge in [-0.3, -0.25) is 4.79 Å². The van der Waals surface area contributed by atoms with Crippen LogP contribution in [0.15, 0.2) is 42.5 Å². The van der Waals surface area contributed by atoms with Gasteiger partial charge in [-0.15, -0.1) is 12.4 Å². The molecule has 2 aromatic carbocycles. The van der Waals surface area contributed by atoms with Crippen molar-refractivity contribution in [3.63, 3.8) is 0 Å². The molecular weight excluding hydrogens is 371 g/mol. The van der Waals surface area contributed by atoms with Crippen LogP contribution in [0.1, 0.15) is 28.9 Å². The summed E-state index contributed by atoms with van der Waals surface area (Å²) in [7, 11) is 1.55. The number of rotatable bonds is 5. The van der Waals surface area contributed by atoms with Gasteiger partial charge in [0.15, 0.2) is 11.5 Å². The van der Waals surface area contributed by atoms with Crippen molar-refractivity contribution in [3.8, 4) is 11.5 Å². The number of hydrogen-bond acceptors (Lipinski definition) is 4. The van der Waals surface area contributed by atoms with Gasteiger partial charge in [0.05, 0.1) is 19.8 Å². The third kappa shape index (κ3) is 4.70. The zero-order valence-electron chi connectivity index (χ0n) is 15.4. The van der Waals surface area contributed by atoms with Crippen molar-refractivity contribution in [1.29, 1.82) is 0 Å². The van der Waals surface area contributed by atoms with E-state index in [1.165, 1.54) is 12.1 Å². The summed E-state index contributed by atoms with van der Waals surface area (Å²) >= 11 is 0. The highest BCUT2D eigenvalue weighted by atomic mass is 35.5. The maximum Gasteiger partial charge on any atom is 0.254 e. The van der Waals surface area contributed by atoms with Crippen LogP contribution in [0.25, 0.3) is 0 Å². The van der Waals surface area contributed by atoms with Crippen molar-refractivity contribution in [2.45, 2.75) is 13.0 Å². The Morgan fingerprint density at radius 1 is 1.26 bits per heavy atom. The van der Waals surface area contributed by atoms with Gasteiger partial charge in [0, 0.05) is 25.2 Å². The first-order chi connectivity index (χ1) is 12.6. The minimum atomic E-state index is -0.303. The third-order valence-corrected chi connectivity index (χ3v) is 4.45. The Morgan fingerprint density at radius 2 is 2.07 bits per heavy atom. The molecule has 0 aliphatic carbocycles. The summed E-state index contributed by atoms with van der Waals surface area (Å²) in [4.78, 5) is 14.9. The van der Waals surface area contributed by atoms with E-state index >= 15 is 0 Å². The van der Waals surface area contributed by atoms with Crippen molar-refractivity contribution in [3.05, 3.63) is 59.4 Å². The molecule has 2 aromatic rings. The van der Waals surface area contributed by atoms with E-state index in [-0.39, 0.29) is 30.2 Å². The van der Waals surface area contributed by atoms with Crippen molar-refractivity contribution in [1.82, 2.24) is 10.2 Å². The van der Waals surface area contributed by atoms with E-state index < -0.39 is 0 Å². The van der Waals surface area contributed by atoms with Crippen molar-refractivity contribution in [2.75, 3.05) is 33.4 Å². The Balaban J connectivity index is 0.00000261. The lowest BCUT2D eigenvalue weighted by molar-refractivity contribution is 0.0633. The molecule has 1 atom stereocenters. The first-order valence-electron chi connectivity index (χ1n) is 8.72. The summed E-state index contributed by atoms with van der Waals surface area (Å²) in [5.41, 5.74) is 1.30. The fraction of sp³-hybridized carbons (Fsp3) is 0.350. The first-order valence-corrected chi connectivity index (χ1v) is 8.72. The second kappa shape index (κ2) is 9.58. The number of amides is 1. The summed E-state index contributed by atoms with van der Waals surface area (Å²) in [5, 5.41) is 3.28. The third-order valence-electron chi connectivity index (χ3n) is 4.45. The quantitative estimate of drug-likeness (QED) is 0.844. The fourth-order valence-corrected chi connectivity index (χ4v) is 3.20. The predicted molar refractivity (Wildman–Crippen MR) is 104 cm³/mol. The lowest BCUT2D eigenvalue weighted by Crippen LogP contribution is -2.48. The lowest BCUT2D eigenvalue weighted by Gasteiger charge is -2.36. The molecule has 1 aliphatic heterocycles. The van der Waals surface area contributed by atoms with E-state index in [2.05, 4.69) is 5.32 Å². The molecule has 1 saturated heterocycles. The van der Waals surface area contributed by atoms with Gasteiger partial charge in [0.25, 0.3) is 5.91 Å². The number of nitrogens with zero attached hydrogens (tertiary/aromatic N) is 1. The summed E-state index contributed by atoms with van der Waals surface area (Å²) in [5.74, 6) is 0.717. The summed E-state index contributed by atoms with van der Waals surface area (Å²) in [6, 6.07) is 11.4. The van der Waals surface area contributed by atoms with Crippen LogP contribution in [0.3, 0.4) is 0 Å². The Bertz CT molecular complexity index is 788. The van der Waals surface area contributed by atoms with Gasteiger partial charge in [-0.25, -0.2) is 4.39 Å². The molecule has 0 spiro atoms. The Morgan fingerprint density at radius 3 is 2.78 bits per heavy atom. The minimum Gasteiger partial charge on any atom is -0.493 e. The number of hydrogen-bond donors (Lipinski definition) is 1. The highest BCUT2D eigenvalue weighted by Crippen LogP contribution is 2.30. The van der Waals surface area contributed by atoms with E-state index in [9.17, 15) is 9.18 Å². The number of carbonyl (C=O) groups is 1. The van der Waals surface area contributed by atoms with Gasteiger partial charge in [0.1, 0.15) is 5.82 Å².